The van der Waals surface area contributed by atoms with Crippen LogP contribution in [0, 0.1) is 17.3 Å². The number of hydrogen-bond acceptors (Lipinski definition) is 2. The van der Waals surface area contributed by atoms with Crippen LogP contribution in [0.4, 0.5) is 0 Å². The van der Waals surface area contributed by atoms with Crippen LogP contribution in [-0.2, 0) is 4.74 Å². The first-order valence-corrected chi connectivity index (χ1v) is 5.57. The molecule has 2 fully saturated rings. The average Bonchev–Trinajstić information content (AvgIpc) is 2.55. The van der Waals surface area contributed by atoms with Crippen LogP contribution in [0.2, 0.25) is 0 Å². The molecular weight excluding hydrogens is 162 g/mol. The van der Waals surface area contributed by atoms with Crippen molar-refractivity contribution in [2.24, 2.45) is 23.0 Å². The molecule has 0 radical (unpaired) electrons. The summed E-state index contributed by atoms with van der Waals surface area (Å²) in [5, 5.41) is 0. The van der Waals surface area contributed by atoms with E-state index in [1.165, 1.54) is 25.7 Å². The summed E-state index contributed by atoms with van der Waals surface area (Å²) in [4.78, 5) is 0. The summed E-state index contributed by atoms with van der Waals surface area (Å²) < 4.78 is 5.42. The van der Waals surface area contributed by atoms with Crippen LogP contribution in [-0.4, -0.2) is 19.8 Å². The first kappa shape index (κ1) is 9.47. The van der Waals surface area contributed by atoms with E-state index in [-0.39, 0.29) is 0 Å². The zero-order chi connectivity index (χ0) is 9.31. The highest BCUT2D eigenvalue weighted by molar-refractivity contribution is 4.97. The van der Waals surface area contributed by atoms with Gasteiger partial charge in [0.2, 0.25) is 0 Å². The van der Waals surface area contributed by atoms with E-state index in [1.54, 1.807) is 0 Å². The molecule has 1 aliphatic heterocycles. The Kier molecular flexibility index (Phi) is 2.61. The minimum Gasteiger partial charge on any atom is -0.380 e. The molecule has 1 saturated carbocycles. The van der Waals surface area contributed by atoms with Gasteiger partial charge in [-0.1, -0.05) is 19.8 Å². The summed E-state index contributed by atoms with van der Waals surface area (Å²) in [7, 11) is 0. The third kappa shape index (κ3) is 1.40. The molecule has 0 amide bonds. The van der Waals surface area contributed by atoms with Crippen molar-refractivity contribution in [1.82, 2.24) is 0 Å². The molecule has 13 heavy (non-hydrogen) atoms. The molecule has 76 valence electrons. The van der Waals surface area contributed by atoms with Gasteiger partial charge in [-0.05, 0) is 31.2 Å². The second kappa shape index (κ2) is 3.58. The molecule has 2 rings (SSSR count). The lowest BCUT2D eigenvalue weighted by Crippen LogP contribution is -2.54. The van der Waals surface area contributed by atoms with Crippen molar-refractivity contribution >= 4 is 0 Å². The Morgan fingerprint density at radius 2 is 2.00 bits per heavy atom. The Balaban J connectivity index is 2.05. The van der Waals surface area contributed by atoms with Crippen molar-refractivity contribution in [3.8, 4) is 0 Å². The van der Waals surface area contributed by atoms with E-state index in [9.17, 15) is 0 Å². The second-order valence-electron chi connectivity index (χ2n) is 4.84. The van der Waals surface area contributed by atoms with Crippen LogP contribution in [0.3, 0.4) is 0 Å². The first-order chi connectivity index (χ1) is 6.29. The van der Waals surface area contributed by atoms with E-state index in [0.717, 1.165) is 25.7 Å². The van der Waals surface area contributed by atoms with Crippen LogP contribution >= 0.6 is 0 Å². The molecule has 1 heterocycles. The summed E-state index contributed by atoms with van der Waals surface area (Å²) in [6, 6.07) is 0. The molecular formula is C11H21NO. The first-order valence-electron chi connectivity index (χ1n) is 5.57. The van der Waals surface area contributed by atoms with Crippen LogP contribution in [0.15, 0.2) is 0 Å². The molecule has 1 aliphatic carbocycles. The predicted molar refractivity (Wildman–Crippen MR) is 53.4 cm³/mol. The molecule has 1 atom stereocenters. The molecule has 1 saturated heterocycles. The SMILES string of the molecule is CC(CN)C1(C2CCCC2)COC1. The summed E-state index contributed by atoms with van der Waals surface area (Å²) in [6.45, 7) is 5.05. The highest BCUT2D eigenvalue weighted by atomic mass is 16.5. The van der Waals surface area contributed by atoms with Crippen LogP contribution < -0.4 is 5.73 Å². The number of rotatable bonds is 3. The number of ether oxygens (including phenoxy) is 1. The number of hydrogen-bond donors (Lipinski definition) is 1. The molecule has 0 bridgehead atoms. The van der Waals surface area contributed by atoms with Gasteiger partial charge in [-0.15, -0.1) is 0 Å². The molecule has 2 aliphatic rings. The molecule has 0 aromatic rings. The quantitative estimate of drug-likeness (QED) is 0.724. The average molecular weight is 183 g/mol. The number of nitrogens with two attached hydrogens (primary N) is 1. The summed E-state index contributed by atoms with van der Waals surface area (Å²) in [5.74, 6) is 1.55. The standard InChI is InChI=1S/C11H21NO/c1-9(6-12)11(7-13-8-11)10-4-2-3-5-10/h9-10H,2-8,12H2,1H3. The van der Waals surface area contributed by atoms with Gasteiger partial charge in [-0.2, -0.15) is 0 Å². The molecule has 0 aromatic heterocycles. The monoisotopic (exact) mass is 183 g/mol. The maximum absolute atomic E-state index is 5.78. The lowest BCUT2D eigenvalue weighted by atomic mass is 9.65. The molecule has 0 spiro atoms. The second-order valence-corrected chi connectivity index (χ2v) is 4.84. The maximum atomic E-state index is 5.78. The Labute approximate surface area is 80.8 Å². The van der Waals surface area contributed by atoms with E-state index >= 15 is 0 Å². The summed E-state index contributed by atoms with van der Waals surface area (Å²) in [6.07, 6.45) is 5.66. The van der Waals surface area contributed by atoms with Crippen molar-refractivity contribution in [3.05, 3.63) is 0 Å². The van der Waals surface area contributed by atoms with Crippen molar-refractivity contribution < 1.29 is 4.74 Å². The summed E-state index contributed by atoms with van der Waals surface area (Å²) >= 11 is 0. The van der Waals surface area contributed by atoms with Crippen molar-refractivity contribution in [2.75, 3.05) is 19.8 Å². The molecule has 1 unspecified atom stereocenters. The zero-order valence-corrected chi connectivity index (χ0v) is 8.59. The van der Waals surface area contributed by atoms with E-state index in [1.807, 2.05) is 0 Å². The molecule has 2 nitrogen and oxygen atoms in total. The topological polar surface area (TPSA) is 35.2 Å². The largest absolute Gasteiger partial charge is 0.380 e. The Morgan fingerprint density at radius 1 is 1.38 bits per heavy atom. The highest BCUT2D eigenvalue weighted by Crippen LogP contribution is 2.49. The van der Waals surface area contributed by atoms with E-state index in [4.69, 9.17) is 10.5 Å². The van der Waals surface area contributed by atoms with Crippen molar-refractivity contribution in [2.45, 2.75) is 32.6 Å². The lowest BCUT2D eigenvalue weighted by Gasteiger charge is -2.50. The fraction of sp³-hybridized carbons (Fsp3) is 1.00. The third-order valence-electron chi connectivity index (χ3n) is 4.24. The molecule has 0 aromatic carbocycles. The van der Waals surface area contributed by atoms with Gasteiger partial charge in [-0.25, -0.2) is 0 Å². The van der Waals surface area contributed by atoms with Gasteiger partial charge in [0.15, 0.2) is 0 Å². The Morgan fingerprint density at radius 3 is 2.38 bits per heavy atom. The van der Waals surface area contributed by atoms with Gasteiger partial charge in [0.1, 0.15) is 0 Å². The molecule has 2 heteroatoms. The predicted octanol–water partition coefficient (Wildman–Crippen LogP) is 1.79. The fourth-order valence-electron chi connectivity index (χ4n) is 3.00. The summed E-state index contributed by atoms with van der Waals surface area (Å²) in [5.41, 5.74) is 6.24. The van der Waals surface area contributed by atoms with Gasteiger partial charge in [0.25, 0.3) is 0 Å². The van der Waals surface area contributed by atoms with Crippen molar-refractivity contribution in [3.63, 3.8) is 0 Å². The van der Waals surface area contributed by atoms with Crippen LogP contribution in [0.5, 0.6) is 0 Å². The van der Waals surface area contributed by atoms with Gasteiger partial charge < -0.3 is 10.5 Å². The van der Waals surface area contributed by atoms with E-state index in [2.05, 4.69) is 6.92 Å². The van der Waals surface area contributed by atoms with Gasteiger partial charge in [0.05, 0.1) is 13.2 Å². The van der Waals surface area contributed by atoms with Crippen molar-refractivity contribution in [1.29, 1.82) is 0 Å². The smallest absolute Gasteiger partial charge is 0.0550 e. The van der Waals surface area contributed by atoms with Crippen LogP contribution in [0.25, 0.3) is 0 Å². The van der Waals surface area contributed by atoms with E-state index < -0.39 is 0 Å². The Bertz CT molecular complexity index is 171. The van der Waals surface area contributed by atoms with Gasteiger partial charge >= 0.3 is 0 Å². The van der Waals surface area contributed by atoms with Gasteiger partial charge in [-0.3, -0.25) is 0 Å². The Hall–Kier alpha value is -0.0800. The van der Waals surface area contributed by atoms with Crippen LogP contribution in [0.1, 0.15) is 32.6 Å². The minimum atomic E-state index is 0.464. The zero-order valence-electron chi connectivity index (χ0n) is 8.59. The van der Waals surface area contributed by atoms with E-state index in [0.29, 0.717) is 11.3 Å². The maximum Gasteiger partial charge on any atom is 0.0550 e. The highest BCUT2D eigenvalue weighted by Gasteiger charge is 2.49. The van der Waals surface area contributed by atoms with Gasteiger partial charge in [0, 0.05) is 5.41 Å². The lowest BCUT2D eigenvalue weighted by molar-refractivity contribution is -0.172. The molecule has 2 N–H and O–H groups in total. The fourth-order valence-corrected chi connectivity index (χ4v) is 3.00. The minimum absolute atomic E-state index is 0.464. The third-order valence-corrected chi connectivity index (χ3v) is 4.24. The normalized spacial score (nSPS) is 30.0.